The highest BCUT2D eigenvalue weighted by molar-refractivity contribution is 6.36. The van der Waals surface area contributed by atoms with E-state index in [0.29, 0.717) is 43.7 Å². The third kappa shape index (κ3) is 3.28. The fraction of sp³-hybridized carbons (Fsp3) is 0. The normalized spacial score (nSPS) is 11.7. The van der Waals surface area contributed by atoms with Gasteiger partial charge in [0, 0.05) is 16.0 Å². The SMILES string of the molecule is O=c1c2ccccc2nc(-c2cc3ccccc3o2)n1N=Cc1ccc(Cl)cc1Cl. The smallest absolute Gasteiger partial charge is 0.282 e. The molecule has 0 aliphatic carbocycles. The summed E-state index contributed by atoms with van der Waals surface area (Å²) in [5, 5.41) is 6.70. The van der Waals surface area contributed by atoms with E-state index in [1.54, 1.807) is 36.4 Å². The summed E-state index contributed by atoms with van der Waals surface area (Å²) in [5.74, 6) is 0.745. The van der Waals surface area contributed by atoms with E-state index >= 15 is 0 Å². The summed E-state index contributed by atoms with van der Waals surface area (Å²) in [6, 6.07) is 21.6. The Morgan fingerprint density at radius 3 is 2.60 bits per heavy atom. The summed E-state index contributed by atoms with van der Waals surface area (Å²) in [4.78, 5) is 17.9. The van der Waals surface area contributed by atoms with Crippen molar-refractivity contribution in [2.45, 2.75) is 0 Å². The van der Waals surface area contributed by atoms with Crippen LogP contribution in [0.25, 0.3) is 33.5 Å². The topological polar surface area (TPSA) is 60.4 Å². The lowest BCUT2D eigenvalue weighted by atomic mass is 10.2. The van der Waals surface area contributed by atoms with Crippen LogP contribution in [-0.2, 0) is 0 Å². The Morgan fingerprint density at radius 2 is 1.77 bits per heavy atom. The van der Waals surface area contributed by atoms with E-state index < -0.39 is 0 Å². The van der Waals surface area contributed by atoms with E-state index in [-0.39, 0.29) is 5.56 Å². The second kappa shape index (κ2) is 7.44. The molecule has 5 nitrogen and oxygen atoms in total. The first-order chi connectivity index (χ1) is 14.6. The van der Waals surface area contributed by atoms with Crippen molar-refractivity contribution in [1.29, 1.82) is 0 Å². The van der Waals surface area contributed by atoms with Gasteiger partial charge in [-0.3, -0.25) is 4.79 Å². The molecule has 0 saturated heterocycles. The standard InChI is InChI=1S/C23H13Cl2N3O2/c24-16-10-9-15(18(25)12-16)13-26-28-22(21-11-14-5-1-4-8-20(14)30-21)27-19-7-3-2-6-17(19)23(28)29/h1-13H. The van der Waals surface area contributed by atoms with E-state index in [1.807, 2.05) is 36.4 Å². The first kappa shape index (κ1) is 18.6. The molecule has 0 atom stereocenters. The van der Waals surface area contributed by atoms with E-state index in [4.69, 9.17) is 27.6 Å². The number of hydrogen-bond donors (Lipinski definition) is 0. The van der Waals surface area contributed by atoms with E-state index in [0.717, 1.165) is 5.39 Å². The molecule has 0 spiro atoms. The van der Waals surface area contributed by atoms with Crippen molar-refractivity contribution in [2.75, 3.05) is 0 Å². The van der Waals surface area contributed by atoms with Crippen molar-refractivity contribution in [1.82, 2.24) is 9.66 Å². The van der Waals surface area contributed by atoms with E-state index in [2.05, 4.69) is 10.1 Å². The molecule has 5 aromatic rings. The fourth-order valence-corrected chi connectivity index (χ4v) is 3.67. The Hall–Kier alpha value is -3.41. The molecule has 7 heteroatoms. The number of hydrogen-bond acceptors (Lipinski definition) is 4. The van der Waals surface area contributed by atoms with Crippen LogP contribution >= 0.6 is 23.2 Å². The molecular formula is C23H13Cl2N3O2. The largest absolute Gasteiger partial charge is 0.453 e. The predicted molar refractivity (Wildman–Crippen MR) is 121 cm³/mol. The quantitative estimate of drug-likeness (QED) is 0.327. The first-order valence-electron chi connectivity index (χ1n) is 9.10. The number of nitrogens with zero attached hydrogens (tertiary/aromatic N) is 3. The highest BCUT2D eigenvalue weighted by Gasteiger charge is 2.16. The van der Waals surface area contributed by atoms with Gasteiger partial charge in [-0.15, -0.1) is 0 Å². The van der Waals surface area contributed by atoms with Crippen LogP contribution in [0.4, 0.5) is 0 Å². The molecule has 30 heavy (non-hydrogen) atoms. The molecule has 0 unspecified atom stereocenters. The molecule has 0 amide bonds. The molecule has 2 heterocycles. The summed E-state index contributed by atoms with van der Waals surface area (Å²) >= 11 is 12.2. The molecule has 0 N–H and O–H groups in total. The lowest BCUT2D eigenvalue weighted by Gasteiger charge is -2.07. The zero-order chi connectivity index (χ0) is 20.7. The zero-order valence-corrected chi connectivity index (χ0v) is 16.9. The average Bonchev–Trinajstić information content (AvgIpc) is 3.18. The number of para-hydroxylation sites is 2. The van der Waals surface area contributed by atoms with Gasteiger partial charge in [-0.25, -0.2) is 4.98 Å². The monoisotopic (exact) mass is 433 g/mol. The summed E-state index contributed by atoms with van der Waals surface area (Å²) in [7, 11) is 0. The van der Waals surface area contributed by atoms with Gasteiger partial charge >= 0.3 is 0 Å². The van der Waals surface area contributed by atoms with Crippen molar-refractivity contribution < 1.29 is 4.42 Å². The number of rotatable bonds is 3. The molecule has 0 fully saturated rings. The second-order valence-electron chi connectivity index (χ2n) is 6.63. The summed E-state index contributed by atoms with van der Waals surface area (Å²) < 4.78 is 7.18. The maximum absolute atomic E-state index is 13.2. The second-order valence-corrected chi connectivity index (χ2v) is 7.47. The molecule has 3 aromatic carbocycles. The molecule has 0 aliphatic rings. The minimum absolute atomic E-state index is 0.302. The van der Waals surface area contributed by atoms with E-state index in [1.165, 1.54) is 10.9 Å². The average molecular weight is 434 g/mol. The molecule has 146 valence electrons. The van der Waals surface area contributed by atoms with E-state index in [9.17, 15) is 4.79 Å². The van der Waals surface area contributed by atoms with Crippen molar-refractivity contribution in [2.24, 2.45) is 5.10 Å². The van der Waals surface area contributed by atoms with Gasteiger partial charge in [0.15, 0.2) is 5.76 Å². The number of furan rings is 1. The van der Waals surface area contributed by atoms with Crippen LogP contribution in [0.15, 0.2) is 87.1 Å². The maximum atomic E-state index is 13.2. The van der Waals surface area contributed by atoms with Crippen LogP contribution in [0.3, 0.4) is 0 Å². The summed E-state index contributed by atoms with van der Waals surface area (Å²) in [6.07, 6.45) is 1.50. The lowest BCUT2D eigenvalue weighted by Crippen LogP contribution is -2.20. The van der Waals surface area contributed by atoms with Crippen LogP contribution in [0.1, 0.15) is 5.56 Å². The summed E-state index contributed by atoms with van der Waals surface area (Å²) in [5.41, 5.74) is 1.58. The molecule has 0 bridgehead atoms. The van der Waals surface area contributed by atoms with Gasteiger partial charge in [-0.05, 0) is 36.4 Å². The predicted octanol–water partition coefficient (Wildman–Crippen LogP) is 6.00. The lowest BCUT2D eigenvalue weighted by molar-refractivity contribution is 0.616. The highest BCUT2D eigenvalue weighted by Crippen LogP contribution is 2.27. The van der Waals surface area contributed by atoms with Gasteiger partial charge < -0.3 is 4.42 Å². The molecule has 0 aliphatic heterocycles. The van der Waals surface area contributed by atoms with Crippen molar-refractivity contribution in [3.05, 3.63) is 98.8 Å². The summed E-state index contributed by atoms with van der Waals surface area (Å²) in [6.45, 7) is 0. The number of fused-ring (bicyclic) bond motifs is 2. The van der Waals surface area contributed by atoms with Crippen LogP contribution in [-0.4, -0.2) is 15.9 Å². The van der Waals surface area contributed by atoms with Gasteiger partial charge in [0.1, 0.15) is 5.58 Å². The van der Waals surface area contributed by atoms with Gasteiger partial charge in [0.2, 0.25) is 5.82 Å². The van der Waals surface area contributed by atoms with Crippen LogP contribution in [0.5, 0.6) is 0 Å². The number of halogens is 2. The Morgan fingerprint density at radius 1 is 0.967 bits per heavy atom. The minimum atomic E-state index is -0.308. The number of aromatic nitrogens is 2. The van der Waals surface area contributed by atoms with Gasteiger partial charge in [-0.2, -0.15) is 9.78 Å². The van der Waals surface area contributed by atoms with Crippen molar-refractivity contribution in [3.8, 4) is 11.6 Å². The fourth-order valence-electron chi connectivity index (χ4n) is 3.21. The number of benzene rings is 3. The first-order valence-corrected chi connectivity index (χ1v) is 9.86. The van der Waals surface area contributed by atoms with Crippen molar-refractivity contribution >= 4 is 51.3 Å². The third-order valence-corrected chi connectivity index (χ3v) is 5.24. The highest BCUT2D eigenvalue weighted by atomic mass is 35.5. The van der Waals surface area contributed by atoms with Crippen LogP contribution in [0, 0.1) is 0 Å². The van der Waals surface area contributed by atoms with Crippen molar-refractivity contribution in [3.63, 3.8) is 0 Å². The minimum Gasteiger partial charge on any atom is -0.453 e. The Kier molecular flexibility index (Phi) is 4.62. The maximum Gasteiger partial charge on any atom is 0.282 e. The third-order valence-electron chi connectivity index (χ3n) is 4.67. The molecular weight excluding hydrogens is 421 g/mol. The zero-order valence-electron chi connectivity index (χ0n) is 15.4. The van der Waals surface area contributed by atoms with Gasteiger partial charge in [-0.1, -0.05) is 59.6 Å². The molecule has 2 aromatic heterocycles. The Bertz CT molecular complexity index is 1470. The van der Waals surface area contributed by atoms with Gasteiger partial charge in [0.05, 0.1) is 22.1 Å². The molecule has 5 rings (SSSR count). The molecule has 0 radical (unpaired) electrons. The Balaban J connectivity index is 1.74. The molecule has 0 saturated carbocycles. The Labute approximate surface area is 180 Å². The van der Waals surface area contributed by atoms with Gasteiger partial charge in [0.25, 0.3) is 5.56 Å². The van der Waals surface area contributed by atoms with Crippen LogP contribution < -0.4 is 5.56 Å². The van der Waals surface area contributed by atoms with Crippen LogP contribution in [0.2, 0.25) is 10.0 Å².